The molecule has 0 radical (unpaired) electrons. The van der Waals surface area contributed by atoms with E-state index in [0.717, 1.165) is 5.56 Å². The van der Waals surface area contributed by atoms with Crippen LogP contribution in [0.3, 0.4) is 0 Å². The number of aromatic nitrogens is 1. The molecule has 0 aliphatic rings. The number of nitrogens with one attached hydrogen (secondary N) is 1. The number of rotatable bonds is 6. The van der Waals surface area contributed by atoms with Gasteiger partial charge in [-0.25, -0.2) is 21.6 Å². The molecule has 0 atom stereocenters. The molecule has 0 fully saturated rings. The van der Waals surface area contributed by atoms with Gasteiger partial charge in [-0.1, -0.05) is 30.3 Å². The molecule has 0 bridgehead atoms. The molecule has 6 nitrogen and oxygen atoms in total. The van der Waals surface area contributed by atoms with E-state index in [9.17, 15) is 16.8 Å². The maximum atomic E-state index is 13.0. The van der Waals surface area contributed by atoms with Crippen LogP contribution >= 0.6 is 0 Å². The minimum Gasteiger partial charge on any atom is -0.255 e. The van der Waals surface area contributed by atoms with Crippen LogP contribution in [0.15, 0.2) is 70.6 Å². The van der Waals surface area contributed by atoms with E-state index < -0.39 is 24.6 Å². The molecule has 0 unspecified atom stereocenters. The maximum Gasteiger partial charge on any atom is 0.242 e. The van der Waals surface area contributed by atoms with Gasteiger partial charge in [-0.2, -0.15) is 0 Å². The summed E-state index contributed by atoms with van der Waals surface area (Å²) in [6.07, 6.45) is 1.52. The fraction of sp³-hybridized carbons (Fsp3) is 0.250. The summed E-state index contributed by atoms with van der Waals surface area (Å²) in [5.41, 5.74) is 1.16. The van der Waals surface area contributed by atoms with E-state index >= 15 is 0 Å². The quantitative estimate of drug-likeness (QED) is 0.664. The smallest absolute Gasteiger partial charge is 0.242 e. The lowest BCUT2D eigenvalue weighted by molar-refractivity contribution is 0.532. The molecule has 2 aromatic carbocycles. The van der Waals surface area contributed by atoms with E-state index in [0.29, 0.717) is 10.9 Å². The second-order valence-electron chi connectivity index (χ2n) is 7.24. The van der Waals surface area contributed by atoms with Crippen LogP contribution in [0.25, 0.3) is 10.9 Å². The molecule has 0 aliphatic carbocycles. The van der Waals surface area contributed by atoms with Crippen molar-refractivity contribution in [2.24, 2.45) is 0 Å². The van der Waals surface area contributed by atoms with E-state index in [1.165, 1.54) is 32.2 Å². The Morgan fingerprint density at radius 3 is 2.36 bits per heavy atom. The molecule has 0 spiro atoms. The van der Waals surface area contributed by atoms with E-state index in [1.807, 2.05) is 13.0 Å². The average molecular weight is 419 g/mol. The molecule has 0 amide bonds. The van der Waals surface area contributed by atoms with Gasteiger partial charge in [0.15, 0.2) is 9.84 Å². The van der Waals surface area contributed by atoms with Crippen molar-refractivity contribution in [2.45, 2.75) is 35.3 Å². The first kappa shape index (κ1) is 20.4. The largest absolute Gasteiger partial charge is 0.255 e. The number of hydrogen-bond donors (Lipinski definition) is 1. The van der Waals surface area contributed by atoms with Crippen molar-refractivity contribution in [3.63, 3.8) is 0 Å². The van der Waals surface area contributed by atoms with Crippen LogP contribution < -0.4 is 4.72 Å². The predicted octanol–water partition coefficient (Wildman–Crippen LogP) is 3.07. The van der Waals surface area contributed by atoms with E-state index in [4.69, 9.17) is 0 Å². The monoisotopic (exact) mass is 418 g/mol. The van der Waals surface area contributed by atoms with Crippen LogP contribution in [0, 0.1) is 6.92 Å². The van der Waals surface area contributed by atoms with E-state index in [-0.39, 0.29) is 16.3 Å². The number of aryl methyl sites for hydroxylation is 1. The van der Waals surface area contributed by atoms with Crippen LogP contribution in [-0.4, -0.2) is 33.1 Å². The molecule has 28 heavy (non-hydrogen) atoms. The van der Waals surface area contributed by atoms with Gasteiger partial charge >= 0.3 is 0 Å². The number of pyridine rings is 1. The molecular formula is C20H22N2O4S2. The number of hydrogen-bond acceptors (Lipinski definition) is 5. The predicted molar refractivity (Wildman–Crippen MR) is 109 cm³/mol. The summed E-state index contributed by atoms with van der Waals surface area (Å²) >= 11 is 0. The van der Waals surface area contributed by atoms with Gasteiger partial charge in [0.25, 0.3) is 0 Å². The lowest BCUT2D eigenvalue weighted by Crippen LogP contribution is -2.44. The third kappa shape index (κ3) is 3.80. The summed E-state index contributed by atoms with van der Waals surface area (Å²) in [5.74, 6) is 0. The van der Waals surface area contributed by atoms with Gasteiger partial charge in [0, 0.05) is 18.1 Å². The first-order chi connectivity index (χ1) is 13.0. The van der Waals surface area contributed by atoms with Crippen molar-refractivity contribution in [1.29, 1.82) is 0 Å². The molecule has 0 saturated heterocycles. The van der Waals surface area contributed by atoms with Crippen LogP contribution in [0.4, 0.5) is 0 Å². The van der Waals surface area contributed by atoms with Gasteiger partial charge in [0.1, 0.15) is 4.90 Å². The lowest BCUT2D eigenvalue weighted by atomic mass is 10.2. The molecule has 1 N–H and O–H groups in total. The minimum absolute atomic E-state index is 0.0225. The lowest BCUT2D eigenvalue weighted by Gasteiger charge is -2.25. The van der Waals surface area contributed by atoms with Crippen molar-refractivity contribution in [3.8, 4) is 0 Å². The van der Waals surface area contributed by atoms with Crippen molar-refractivity contribution < 1.29 is 16.8 Å². The molecule has 0 aliphatic heterocycles. The molecule has 1 aromatic heterocycles. The van der Waals surface area contributed by atoms with Crippen molar-refractivity contribution >= 4 is 30.8 Å². The third-order valence-electron chi connectivity index (χ3n) is 4.60. The maximum absolute atomic E-state index is 13.0. The topological polar surface area (TPSA) is 93.2 Å². The average Bonchev–Trinajstić information content (AvgIpc) is 2.66. The zero-order valence-corrected chi connectivity index (χ0v) is 17.5. The summed E-state index contributed by atoms with van der Waals surface area (Å²) in [6.45, 7) is 4.56. The fourth-order valence-corrected chi connectivity index (χ4v) is 5.82. The minimum atomic E-state index is -3.95. The summed E-state index contributed by atoms with van der Waals surface area (Å²) < 4.78 is 52.9. The van der Waals surface area contributed by atoms with Crippen molar-refractivity contribution in [1.82, 2.24) is 9.71 Å². The summed E-state index contributed by atoms with van der Waals surface area (Å²) in [5, 5.41) is 0.692. The number of nitrogens with zero attached hydrogens (tertiary/aromatic N) is 1. The highest BCUT2D eigenvalue weighted by molar-refractivity contribution is 7.93. The normalized spacial score (nSPS) is 13.0. The second kappa shape index (κ2) is 7.27. The highest BCUT2D eigenvalue weighted by atomic mass is 32.2. The Morgan fingerprint density at radius 1 is 0.964 bits per heavy atom. The van der Waals surface area contributed by atoms with Gasteiger partial charge in [-0.15, -0.1) is 0 Å². The number of sulfone groups is 1. The highest BCUT2D eigenvalue weighted by Gasteiger charge is 2.37. The van der Waals surface area contributed by atoms with E-state index in [2.05, 4.69) is 9.71 Å². The molecule has 148 valence electrons. The number of benzene rings is 2. The molecule has 1 heterocycles. The highest BCUT2D eigenvalue weighted by Crippen LogP contribution is 2.27. The molecule has 8 heteroatoms. The third-order valence-corrected chi connectivity index (χ3v) is 8.51. The summed E-state index contributed by atoms with van der Waals surface area (Å²) in [6, 6.07) is 14.9. The number of sulfonamides is 1. The Morgan fingerprint density at radius 2 is 1.64 bits per heavy atom. The second-order valence-corrected chi connectivity index (χ2v) is 11.6. The number of fused-ring (bicyclic) bond motifs is 1. The Labute approximate surface area is 165 Å². The Bertz CT molecular complexity index is 1230. The Hall–Kier alpha value is -2.29. The zero-order chi connectivity index (χ0) is 20.6. The van der Waals surface area contributed by atoms with Crippen LogP contribution in [0.5, 0.6) is 0 Å². The van der Waals surface area contributed by atoms with Gasteiger partial charge in [0.2, 0.25) is 10.0 Å². The first-order valence-electron chi connectivity index (χ1n) is 8.69. The Balaban J connectivity index is 1.91. The summed E-state index contributed by atoms with van der Waals surface area (Å²) in [7, 11) is -7.70. The van der Waals surface area contributed by atoms with E-state index in [1.54, 1.807) is 36.4 Å². The van der Waals surface area contributed by atoms with Crippen LogP contribution in [-0.2, 0) is 19.9 Å². The fourth-order valence-electron chi connectivity index (χ4n) is 2.84. The van der Waals surface area contributed by atoms with Crippen molar-refractivity contribution in [3.05, 3.63) is 66.4 Å². The van der Waals surface area contributed by atoms with Crippen molar-refractivity contribution in [2.75, 3.05) is 6.54 Å². The molecule has 0 saturated carbocycles. The van der Waals surface area contributed by atoms with Crippen LogP contribution in [0.1, 0.15) is 19.4 Å². The van der Waals surface area contributed by atoms with Gasteiger partial charge in [-0.05, 0) is 50.6 Å². The summed E-state index contributed by atoms with van der Waals surface area (Å²) in [4.78, 5) is 4.35. The SMILES string of the molecule is Cc1cccc(S(=O)(=O)C(C)(C)CNS(=O)(=O)c2cccc3cccnc23)c1. The first-order valence-corrected chi connectivity index (χ1v) is 11.7. The van der Waals surface area contributed by atoms with Gasteiger partial charge < -0.3 is 0 Å². The zero-order valence-electron chi connectivity index (χ0n) is 15.9. The molecular weight excluding hydrogens is 396 g/mol. The van der Waals surface area contributed by atoms with Crippen LogP contribution in [0.2, 0.25) is 0 Å². The van der Waals surface area contributed by atoms with Gasteiger partial charge in [0.05, 0.1) is 15.2 Å². The van der Waals surface area contributed by atoms with Gasteiger partial charge in [-0.3, -0.25) is 4.98 Å². The Kier molecular flexibility index (Phi) is 5.31. The standard InChI is InChI=1S/C20H22N2O4S2/c1-15-7-4-10-17(13-15)27(23,24)20(2,3)14-22-28(25,26)18-11-5-8-16-9-6-12-21-19(16)18/h4-13,22H,14H2,1-3H3. The molecule has 3 rings (SSSR count). The molecule has 3 aromatic rings. The number of para-hydroxylation sites is 1.